The van der Waals surface area contributed by atoms with Gasteiger partial charge in [-0.05, 0) is 19.8 Å². The Kier molecular flexibility index (Phi) is 19.3. The first-order valence-corrected chi connectivity index (χ1v) is 11.0. The van der Waals surface area contributed by atoms with E-state index in [2.05, 4.69) is 13.8 Å². The van der Waals surface area contributed by atoms with Crippen LogP contribution in [0.4, 0.5) is 0 Å². The first-order chi connectivity index (χ1) is 12.2. The molecule has 0 bridgehead atoms. The maximum absolute atomic E-state index is 11.7. The normalized spacial score (nSPS) is 12.3. The fraction of sp³-hybridized carbons (Fsp3) is 0.955. The number of esters is 1. The number of rotatable bonds is 19. The molecular weight excluding hydrogens is 312 g/mol. The molecule has 0 fully saturated rings. The Morgan fingerprint density at radius 2 is 1.12 bits per heavy atom. The molecule has 0 saturated heterocycles. The third-order valence-corrected chi connectivity index (χ3v) is 4.63. The number of unbranched alkanes of at least 4 members (excludes halogenated alkanes) is 13. The number of carbonyl (C=O) groups excluding carboxylic acids is 1. The summed E-state index contributed by atoms with van der Waals surface area (Å²) in [5.74, 6) is -0.118. The molecular formula is C22H44O3. The lowest BCUT2D eigenvalue weighted by Gasteiger charge is -2.13. The van der Waals surface area contributed by atoms with Gasteiger partial charge in [0, 0.05) is 6.42 Å². The summed E-state index contributed by atoms with van der Waals surface area (Å²) in [5, 5.41) is 0. The lowest BCUT2D eigenvalue weighted by atomic mass is 10.0. The van der Waals surface area contributed by atoms with E-state index in [0.29, 0.717) is 13.0 Å². The molecule has 0 aliphatic heterocycles. The van der Waals surface area contributed by atoms with E-state index < -0.39 is 6.29 Å². The highest BCUT2D eigenvalue weighted by Crippen LogP contribution is 2.13. The van der Waals surface area contributed by atoms with Crippen LogP contribution in [-0.2, 0) is 14.3 Å². The average Bonchev–Trinajstić information content (AvgIpc) is 2.59. The van der Waals surface area contributed by atoms with Crippen molar-refractivity contribution in [2.75, 3.05) is 6.61 Å². The Morgan fingerprint density at radius 1 is 0.680 bits per heavy atom. The molecule has 0 aromatic heterocycles. The van der Waals surface area contributed by atoms with E-state index in [-0.39, 0.29) is 5.97 Å². The van der Waals surface area contributed by atoms with Gasteiger partial charge in [-0.2, -0.15) is 0 Å². The Hall–Kier alpha value is -0.570. The second-order valence-electron chi connectivity index (χ2n) is 7.27. The van der Waals surface area contributed by atoms with Crippen LogP contribution in [0.15, 0.2) is 0 Å². The van der Waals surface area contributed by atoms with Gasteiger partial charge in [-0.3, -0.25) is 4.79 Å². The lowest BCUT2D eigenvalue weighted by Crippen LogP contribution is -2.18. The molecule has 0 radical (unpaired) electrons. The van der Waals surface area contributed by atoms with Gasteiger partial charge in [0.25, 0.3) is 0 Å². The zero-order chi connectivity index (χ0) is 18.6. The van der Waals surface area contributed by atoms with Crippen molar-refractivity contribution in [1.82, 2.24) is 0 Å². The van der Waals surface area contributed by atoms with Crippen LogP contribution in [0.5, 0.6) is 0 Å². The van der Waals surface area contributed by atoms with Crippen molar-refractivity contribution in [3.05, 3.63) is 0 Å². The number of hydrogen-bond acceptors (Lipinski definition) is 3. The standard InChI is InChI=1S/C22H44O3/c1-4-6-8-9-10-11-12-13-14-15-16-17-18-19-22(23)25-21(3)24-20-7-5-2/h21H,4-20H2,1-3H3. The lowest BCUT2D eigenvalue weighted by molar-refractivity contribution is -0.175. The SMILES string of the molecule is CCCCCCCCCCCCCCCC(=O)OC(C)OCCCC. The minimum Gasteiger partial charge on any atom is -0.436 e. The molecule has 3 nitrogen and oxygen atoms in total. The summed E-state index contributed by atoms with van der Waals surface area (Å²) in [5.41, 5.74) is 0. The van der Waals surface area contributed by atoms with Gasteiger partial charge in [0.05, 0.1) is 6.61 Å². The number of hydrogen-bond donors (Lipinski definition) is 0. The summed E-state index contributed by atoms with van der Waals surface area (Å²) in [6.07, 6.45) is 19.4. The fourth-order valence-electron chi connectivity index (χ4n) is 2.96. The summed E-state index contributed by atoms with van der Waals surface area (Å²) in [6, 6.07) is 0. The summed E-state index contributed by atoms with van der Waals surface area (Å²) >= 11 is 0. The summed E-state index contributed by atoms with van der Waals surface area (Å²) in [4.78, 5) is 11.7. The third-order valence-electron chi connectivity index (χ3n) is 4.63. The van der Waals surface area contributed by atoms with E-state index in [0.717, 1.165) is 25.7 Å². The molecule has 0 saturated carbocycles. The molecule has 0 amide bonds. The second kappa shape index (κ2) is 19.8. The number of carbonyl (C=O) groups is 1. The molecule has 0 spiro atoms. The van der Waals surface area contributed by atoms with Crippen molar-refractivity contribution in [3.8, 4) is 0 Å². The Labute approximate surface area is 157 Å². The molecule has 150 valence electrons. The van der Waals surface area contributed by atoms with Crippen LogP contribution in [0.3, 0.4) is 0 Å². The molecule has 0 N–H and O–H groups in total. The first-order valence-electron chi connectivity index (χ1n) is 11.0. The minimum atomic E-state index is -0.402. The van der Waals surface area contributed by atoms with Crippen LogP contribution in [0.2, 0.25) is 0 Å². The predicted molar refractivity (Wildman–Crippen MR) is 107 cm³/mol. The molecule has 0 rings (SSSR count). The molecule has 0 aliphatic carbocycles. The van der Waals surface area contributed by atoms with Gasteiger partial charge in [-0.1, -0.05) is 97.3 Å². The van der Waals surface area contributed by atoms with Gasteiger partial charge in [-0.25, -0.2) is 0 Å². The minimum absolute atomic E-state index is 0.118. The Bertz CT molecular complexity index is 278. The highest BCUT2D eigenvalue weighted by atomic mass is 16.7. The van der Waals surface area contributed by atoms with E-state index in [9.17, 15) is 4.79 Å². The van der Waals surface area contributed by atoms with E-state index in [1.165, 1.54) is 70.6 Å². The second-order valence-corrected chi connectivity index (χ2v) is 7.27. The maximum atomic E-state index is 11.7. The molecule has 25 heavy (non-hydrogen) atoms. The van der Waals surface area contributed by atoms with Crippen LogP contribution in [0, 0.1) is 0 Å². The smallest absolute Gasteiger partial charge is 0.308 e. The molecule has 1 unspecified atom stereocenters. The zero-order valence-electron chi connectivity index (χ0n) is 17.3. The van der Waals surface area contributed by atoms with Crippen molar-refractivity contribution < 1.29 is 14.3 Å². The summed E-state index contributed by atoms with van der Waals surface area (Å²) in [7, 11) is 0. The molecule has 0 aromatic rings. The van der Waals surface area contributed by atoms with E-state index in [1.807, 2.05) is 0 Å². The molecule has 1 atom stereocenters. The molecule has 0 heterocycles. The zero-order valence-corrected chi connectivity index (χ0v) is 17.3. The predicted octanol–water partition coefficient (Wildman–Crippen LogP) is 7.17. The average molecular weight is 357 g/mol. The van der Waals surface area contributed by atoms with Crippen molar-refractivity contribution in [1.29, 1.82) is 0 Å². The molecule has 3 heteroatoms. The largest absolute Gasteiger partial charge is 0.436 e. The highest BCUT2D eigenvalue weighted by molar-refractivity contribution is 5.69. The Balaban J connectivity index is 3.23. The van der Waals surface area contributed by atoms with Crippen molar-refractivity contribution in [3.63, 3.8) is 0 Å². The maximum Gasteiger partial charge on any atom is 0.308 e. The van der Waals surface area contributed by atoms with Crippen LogP contribution in [0.1, 0.15) is 124 Å². The van der Waals surface area contributed by atoms with Crippen LogP contribution < -0.4 is 0 Å². The van der Waals surface area contributed by atoms with Crippen molar-refractivity contribution in [2.24, 2.45) is 0 Å². The molecule has 0 aromatic carbocycles. The van der Waals surface area contributed by atoms with Gasteiger partial charge in [0.15, 0.2) is 6.29 Å². The quantitative estimate of drug-likeness (QED) is 0.140. The van der Waals surface area contributed by atoms with E-state index in [4.69, 9.17) is 9.47 Å². The monoisotopic (exact) mass is 356 g/mol. The summed E-state index contributed by atoms with van der Waals surface area (Å²) in [6.45, 7) is 6.86. The van der Waals surface area contributed by atoms with Gasteiger partial charge >= 0.3 is 5.97 Å². The first kappa shape index (κ1) is 24.4. The van der Waals surface area contributed by atoms with Crippen LogP contribution in [0.25, 0.3) is 0 Å². The van der Waals surface area contributed by atoms with Gasteiger partial charge in [0.1, 0.15) is 0 Å². The topological polar surface area (TPSA) is 35.5 Å². The number of ether oxygens (including phenoxy) is 2. The highest BCUT2D eigenvalue weighted by Gasteiger charge is 2.08. The Morgan fingerprint density at radius 3 is 1.60 bits per heavy atom. The summed E-state index contributed by atoms with van der Waals surface area (Å²) < 4.78 is 10.7. The fourth-order valence-corrected chi connectivity index (χ4v) is 2.96. The van der Waals surface area contributed by atoms with Gasteiger partial charge < -0.3 is 9.47 Å². The van der Waals surface area contributed by atoms with Crippen molar-refractivity contribution in [2.45, 2.75) is 130 Å². The van der Waals surface area contributed by atoms with Crippen molar-refractivity contribution >= 4 is 5.97 Å². The van der Waals surface area contributed by atoms with Crippen LogP contribution in [-0.4, -0.2) is 18.9 Å². The van der Waals surface area contributed by atoms with Gasteiger partial charge in [-0.15, -0.1) is 0 Å². The van der Waals surface area contributed by atoms with Gasteiger partial charge in [0.2, 0.25) is 0 Å². The third kappa shape index (κ3) is 19.6. The van der Waals surface area contributed by atoms with E-state index in [1.54, 1.807) is 6.92 Å². The van der Waals surface area contributed by atoms with Crippen LogP contribution >= 0.6 is 0 Å². The molecule has 0 aliphatic rings. The van der Waals surface area contributed by atoms with E-state index >= 15 is 0 Å².